The molecule has 0 spiro atoms. The van der Waals surface area contributed by atoms with Gasteiger partial charge in [0.2, 0.25) is 0 Å². The summed E-state index contributed by atoms with van der Waals surface area (Å²) in [5, 5.41) is 0. The van der Waals surface area contributed by atoms with Gasteiger partial charge in [-0.2, -0.15) is 0 Å². The fourth-order valence-corrected chi connectivity index (χ4v) is 0.676. The van der Waals surface area contributed by atoms with Crippen LogP contribution in [0.15, 0.2) is 0 Å². The number of hydrogen-bond acceptors (Lipinski definition) is 3. The minimum atomic E-state index is 0.102. The van der Waals surface area contributed by atoms with Gasteiger partial charge in [0.1, 0.15) is 11.6 Å². The molecule has 2 fully saturated rings. The van der Waals surface area contributed by atoms with Gasteiger partial charge in [-0.3, -0.25) is 9.59 Å². The molecule has 0 aromatic heterocycles. The molecule has 0 N–H and O–H groups in total. The third-order valence-corrected chi connectivity index (χ3v) is 1.28. The quantitative estimate of drug-likeness (QED) is 0.361. The maximum atomic E-state index is 10.2. The summed E-state index contributed by atoms with van der Waals surface area (Å²) in [6.07, 6.45) is 1.16. The van der Waals surface area contributed by atoms with Crippen molar-refractivity contribution in [1.82, 2.24) is 0 Å². The third kappa shape index (κ3) is 3.35. The summed E-state index contributed by atoms with van der Waals surface area (Å²) in [5.74, 6) is 0.204. The van der Waals surface area contributed by atoms with Crippen molar-refractivity contribution >= 4 is 11.6 Å². The van der Waals surface area contributed by atoms with Gasteiger partial charge < -0.3 is 4.74 Å². The minimum absolute atomic E-state index is 0.102. The molecule has 10 heavy (non-hydrogen) atoms. The van der Waals surface area contributed by atoms with Gasteiger partial charge in [-0.15, -0.1) is 0 Å². The molecule has 0 radical (unpaired) electrons. The lowest BCUT2D eigenvalue weighted by Gasteiger charge is -1.71. The summed E-state index contributed by atoms with van der Waals surface area (Å²) >= 11 is 0. The Morgan fingerprint density at radius 2 is 1.40 bits per heavy atom. The van der Waals surface area contributed by atoms with E-state index in [1.54, 1.807) is 0 Å². The third-order valence-electron chi connectivity index (χ3n) is 1.28. The normalized spacial score (nSPS) is 22.0. The standard InChI is InChI=1S/C5H6O2.C2H4O/c6-4-1-2-5(7)3-4;1-2-3-1/h1-3H2;1-2H2. The number of Topliss-reactive ketones (excluding diaryl/α,β-unsaturated/α-hetero) is 2. The molecule has 3 nitrogen and oxygen atoms in total. The van der Waals surface area contributed by atoms with Gasteiger partial charge in [-0.05, 0) is 0 Å². The molecular weight excluding hydrogens is 132 g/mol. The summed E-state index contributed by atoms with van der Waals surface area (Å²) in [6.45, 7) is 2.00. The monoisotopic (exact) mass is 142 g/mol. The molecule has 1 aliphatic heterocycles. The van der Waals surface area contributed by atoms with Gasteiger partial charge in [-0.25, -0.2) is 0 Å². The maximum absolute atomic E-state index is 10.2. The lowest BCUT2D eigenvalue weighted by Crippen LogP contribution is -1.88. The van der Waals surface area contributed by atoms with Gasteiger partial charge in [0, 0.05) is 12.8 Å². The number of ketones is 2. The Labute approximate surface area is 59.4 Å². The minimum Gasteiger partial charge on any atom is -0.377 e. The molecule has 0 amide bonds. The number of ether oxygens (including phenoxy) is 1. The molecule has 0 aromatic rings. The van der Waals surface area contributed by atoms with E-state index in [1.807, 2.05) is 0 Å². The fourth-order valence-electron chi connectivity index (χ4n) is 0.676. The SMILES string of the molecule is C1CO1.O=C1CCC(=O)C1. The number of epoxide rings is 1. The van der Waals surface area contributed by atoms with E-state index in [-0.39, 0.29) is 18.0 Å². The molecule has 2 aliphatic rings. The highest BCUT2D eigenvalue weighted by atomic mass is 16.6. The number of carbonyl (C=O) groups excluding carboxylic acids is 2. The van der Waals surface area contributed by atoms with Crippen molar-refractivity contribution in [3.8, 4) is 0 Å². The van der Waals surface area contributed by atoms with Crippen molar-refractivity contribution in [2.24, 2.45) is 0 Å². The summed E-state index contributed by atoms with van der Waals surface area (Å²) in [7, 11) is 0. The van der Waals surface area contributed by atoms with Gasteiger partial charge >= 0.3 is 0 Å². The van der Waals surface area contributed by atoms with E-state index in [1.165, 1.54) is 0 Å². The molecule has 1 saturated heterocycles. The van der Waals surface area contributed by atoms with Crippen LogP contribution < -0.4 is 0 Å². The lowest BCUT2D eigenvalue weighted by molar-refractivity contribution is -0.121. The Bertz CT molecular complexity index is 132. The summed E-state index contributed by atoms with van der Waals surface area (Å²) in [4.78, 5) is 20.5. The molecule has 0 bridgehead atoms. The van der Waals surface area contributed by atoms with Gasteiger partial charge in [0.25, 0.3) is 0 Å². The Hall–Kier alpha value is -0.700. The van der Waals surface area contributed by atoms with E-state index in [2.05, 4.69) is 4.74 Å². The first kappa shape index (κ1) is 7.41. The smallest absolute Gasteiger partial charge is 0.140 e. The Balaban J connectivity index is 0.000000138. The molecule has 2 rings (SSSR count). The second kappa shape index (κ2) is 3.46. The molecule has 1 saturated carbocycles. The number of carbonyl (C=O) groups is 2. The van der Waals surface area contributed by atoms with Gasteiger partial charge in [-0.1, -0.05) is 0 Å². The van der Waals surface area contributed by atoms with E-state index in [0.717, 1.165) is 13.2 Å². The van der Waals surface area contributed by atoms with Crippen LogP contribution in [0.5, 0.6) is 0 Å². The number of rotatable bonds is 0. The molecule has 56 valence electrons. The van der Waals surface area contributed by atoms with Crippen LogP contribution >= 0.6 is 0 Å². The van der Waals surface area contributed by atoms with E-state index >= 15 is 0 Å². The van der Waals surface area contributed by atoms with E-state index in [0.29, 0.717) is 12.8 Å². The second-order valence-electron chi connectivity index (χ2n) is 2.37. The summed E-state index contributed by atoms with van der Waals surface area (Å²) in [5.41, 5.74) is 0. The highest BCUT2D eigenvalue weighted by molar-refractivity contribution is 6.05. The topological polar surface area (TPSA) is 46.7 Å². The highest BCUT2D eigenvalue weighted by Gasteiger charge is 2.17. The van der Waals surface area contributed by atoms with Crippen molar-refractivity contribution < 1.29 is 14.3 Å². The lowest BCUT2D eigenvalue weighted by atomic mass is 10.3. The van der Waals surface area contributed by atoms with Crippen LogP contribution in [-0.2, 0) is 14.3 Å². The second-order valence-corrected chi connectivity index (χ2v) is 2.37. The highest BCUT2D eigenvalue weighted by Crippen LogP contribution is 2.07. The van der Waals surface area contributed by atoms with Crippen molar-refractivity contribution in [3.05, 3.63) is 0 Å². The van der Waals surface area contributed by atoms with Crippen LogP contribution in [0.25, 0.3) is 0 Å². The average Bonchev–Trinajstić information content (AvgIpc) is 2.67. The van der Waals surface area contributed by atoms with E-state index in [4.69, 9.17) is 0 Å². The van der Waals surface area contributed by atoms with Crippen LogP contribution in [0.2, 0.25) is 0 Å². The molecule has 0 aromatic carbocycles. The van der Waals surface area contributed by atoms with Gasteiger partial charge in [0.15, 0.2) is 0 Å². The first-order valence-corrected chi connectivity index (χ1v) is 3.40. The molecular formula is C7H10O3. The summed E-state index contributed by atoms with van der Waals surface area (Å²) in [6, 6.07) is 0. The Morgan fingerprint density at radius 1 is 1.00 bits per heavy atom. The predicted octanol–water partition coefficient (Wildman–Crippen LogP) is 0.325. The zero-order valence-corrected chi connectivity index (χ0v) is 5.76. The number of hydrogen-bond donors (Lipinski definition) is 0. The van der Waals surface area contributed by atoms with Crippen LogP contribution in [-0.4, -0.2) is 24.8 Å². The first-order chi connectivity index (χ1) is 4.79. The van der Waals surface area contributed by atoms with Crippen LogP contribution in [0.3, 0.4) is 0 Å². The predicted molar refractivity (Wildman–Crippen MR) is 34.7 cm³/mol. The molecule has 1 aliphatic carbocycles. The summed E-state index contributed by atoms with van der Waals surface area (Å²) < 4.78 is 4.50. The first-order valence-electron chi connectivity index (χ1n) is 3.40. The Morgan fingerprint density at radius 3 is 1.50 bits per heavy atom. The van der Waals surface area contributed by atoms with E-state index in [9.17, 15) is 9.59 Å². The van der Waals surface area contributed by atoms with Crippen LogP contribution in [0.1, 0.15) is 19.3 Å². The van der Waals surface area contributed by atoms with Crippen molar-refractivity contribution in [1.29, 1.82) is 0 Å². The molecule has 1 heterocycles. The van der Waals surface area contributed by atoms with Crippen LogP contribution in [0.4, 0.5) is 0 Å². The molecule has 0 atom stereocenters. The molecule has 0 unspecified atom stereocenters. The molecule has 3 heteroatoms. The van der Waals surface area contributed by atoms with Crippen molar-refractivity contribution in [2.45, 2.75) is 19.3 Å². The van der Waals surface area contributed by atoms with E-state index < -0.39 is 0 Å². The zero-order valence-electron chi connectivity index (χ0n) is 5.76. The van der Waals surface area contributed by atoms with Crippen molar-refractivity contribution in [2.75, 3.05) is 13.2 Å². The zero-order chi connectivity index (χ0) is 7.40. The Kier molecular flexibility index (Phi) is 2.57. The largest absolute Gasteiger partial charge is 0.377 e. The van der Waals surface area contributed by atoms with Gasteiger partial charge in [0.05, 0.1) is 19.6 Å². The van der Waals surface area contributed by atoms with Crippen molar-refractivity contribution in [3.63, 3.8) is 0 Å². The van der Waals surface area contributed by atoms with Crippen LogP contribution in [0, 0.1) is 0 Å². The fraction of sp³-hybridized carbons (Fsp3) is 0.714. The average molecular weight is 142 g/mol. The maximum Gasteiger partial charge on any atom is 0.140 e.